The summed E-state index contributed by atoms with van der Waals surface area (Å²) in [6.07, 6.45) is 13.2. The minimum absolute atomic E-state index is 0.162. The lowest BCUT2D eigenvalue weighted by atomic mass is 10.1. The molecule has 4 heteroatoms. The highest BCUT2D eigenvalue weighted by atomic mass is 16.5. The predicted molar refractivity (Wildman–Crippen MR) is 123 cm³/mol. The van der Waals surface area contributed by atoms with E-state index >= 15 is 0 Å². The van der Waals surface area contributed by atoms with Crippen molar-refractivity contribution in [2.24, 2.45) is 0 Å². The van der Waals surface area contributed by atoms with E-state index in [0.717, 1.165) is 38.5 Å². The van der Waals surface area contributed by atoms with E-state index < -0.39 is 11.9 Å². The van der Waals surface area contributed by atoms with Crippen LogP contribution < -0.4 is 0 Å². The van der Waals surface area contributed by atoms with Crippen molar-refractivity contribution in [2.45, 2.75) is 117 Å². The number of benzene rings is 1. The molecule has 1 aromatic carbocycles. The van der Waals surface area contributed by atoms with Crippen LogP contribution in [-0.2, 0) is 9.47 Å². The number of rotatable bonds is 16. The van der Waals surface area contributed by atoms with Crippen LogP contribution in [0, 0.1) is 0 Å². The fourth-order valence-electron chi connectivity index (χ4n) is 3.52. The van der Waals surface area contributed by atoms with Gasteiger partial charge in [-0.2, -0.15) is 0 Å². The van der Waals surface area contributed by atoms with E-state index in [2.05, 4.69) is 13.8 Å². The third-order valence-corrected chi connectivity index (χ3v) is 5.41. The van der Waals surface area contributed by atoms with Gasteiger partial charge in [0.05, 0.1) is 23.3 Å². The maximum absolute atomic E-state index is 12.6. The number of unbranched alkanes of at least 4 members (excludes halogenated alkanes) is 8. The van der Waals surface area contributed by atoms with Gasteiger partial charge in [-0.3, -0.25) is 0 Å². The summed E-state index contributed by atoms with van der Waals surface area (Å²) in [4.78, 5) is 25.3. The lowest BCUT2D eigenvalue weighted by Crippen LogP contribution is -2.20. The Morgan fingerprint density at radius 2 is 1.03 bits per heavy atom. The quantitative estimate of drug-likeness (QED) is 0.206. The lowest BCUT2D eigenvalue weighted by Gasteiger charge is -2.16. The molecule has 0 N–H and O–H groups in total. The molecule has 1 rings (SSSR count). The van der Waals surface area contributed by atoms with Crippen molar-refractivity contribution in [3.8, 4) is 0 Å². The molecule has 0 spiro atoms. The van der Waals surface area contributed by atoms with Crippen LogP contribution in [0.25, 0.3) is 0 Å². The first-order chi connectivity index (χ1) is 14.5. The Hall–Kier alpha value is -1.84. The van der Waals surface area contributed by atoms with Crippen LogP contribution in [0.4, 0.5) is 0 Å². The molecule has 2 atom stereocenters. The highest BCUT2D eigenvalue weighted by Gasteiger charge is 2.22. The zero-order valence-corrected chi connectivity index (χ0v) is 19.6. The van der Waals surface area contributed by atoms with Crippen LogP contribution in [-0.4, -0.2) is 24.1 Å². The minimum atomic E-state index is -0.448. The SMILES string of the molecule is CCCCCCCC(C)OC(=O)c1ccccc1C(=O)OC(C)CCCCCCC. The Morgan fingerprint density at radius 3 is 1.40 bits per heavy atom. The first-order valence-electron chi connectivity index (χ1n) is 12.0. The van der Waals surface area contributed by atoms with Gasteiger partial charge in [0, 0.05) is 0 Å². The molecular weight excluding hydrogens is 376 g/mol. The summed E-state index contributed by atoms with van der Waals surface area (Å²) in [7, 11) is 0. The topological polar surface area (TPSA) is 52.6 Å². The lowest BCUT2D eigenvalue weighted by molar-refractivity contribution is 0.0270. The maximum Gasteiger partial charge on any atom is 0.339 e. The smallest absolute Gasteiger partial charge is 0.339 e. The Labute approximate surface area is 183 Å². The second-order valence-corrected chi connectivity index (χ2v) is 8.38. The van der Waals surface area contributed by atoms with Gasteiger partial charge >= 0.3 is 11.9 Å². The fourth-order valence-corrected chi connectivity index (χ4v) is 3.52. The Kier molecular flexibility index (Phi) is 13.9. The number of carbonyl (C=O) groups is 2. The van der Waals surface area contributed by atoms with Crippen LogP contribution in [0.1, 0.15) is 125 Å². The van der Waals surface area contributed by atoms with E-state index in [1.54, 1.807) is 24.3 Å². The van der Waals surface area contributed by atoms with Gasteiger partial charge in [-0.05, 0) is 51.7 Å². The zero-order chi connectivity index (χ0) is 22.2. The number of esters is 2. The molecule has 1 aromatic rings. The second kappa shape index (κ2) is 15.9. The summed E-state index contributed by atoms with van der Waals surface area (Å²) in [6, 6.07) is 6.78. The first-order valence-corrected chi connectivity index (χ1v) is 12.0. The van der Waals surface area contributed by atoms with Crippen LogP contribution in [0.15, 0.2) is 24.3 Å². The largest absolute Gasteiger partial charge is 0.459 e. The van der Waals surface area contributed by atoms with Gasteiger partial charge in [-0.1, -0.05) is 77.3 Å². The Bertz CT molecular complexity index is 558. The van der Waals surface area contributed by atoms with Crippen molar-refractivity contribution in [2.75, 3.05) is 0 Å². The molecule has 0 radical (unpaired) electrons. The van der Waals surface area contributed by atoms with Crippen molar-refractivity contribution in [1.82, 2.24) is 0 Å². The average molecular weight is 419 g/mol. The van der Waals surface area contributed by atoms with Gasteiger partial charge in [0.25, 0.3) is 0 Å². The van der Waals surface area contributed by atoms with E-state index in [0.29, 0.717) is 0 Å². The molecule has 0 amide bonds. The number of hydrogen-bond acceptors (Lipinski definition) is 4. The molecule has 4 nitrogen and oxygen atoms in total. The van der Waals surface area contributed by atoms with Gasteiger partial charge in [-0.15, -0.1) is 0 Å². The van der Waals surface area contributed by atoms with Gasteiger partial charge in [0.1, 0.15) is 0 Å². The molecule has 2 unspecified atom stereocenters. The molecular formula is C26H42O4. The van der Waals surface area contributed by atoms with E-state index in [4.69, 9.17) is 9.47 Å². The molecule has 0 aliphatic heterocycles. The molecule has 0 saturated heterocycles. The molecule has 30 heavy (non-hydrogen) atoms. The molecule has 0 bridgehead atoms. The highest BCUT2D eigenvalue weighted by Crippen LogP contribution is 2.17. The second-order valence-electron chi connectivity index (χ2n) is 8.38. The molecule has 0 aliphatic carbocycles. The number of ether oxygens (including phenoxy) is 2. The van der Waals surface area contributed by atoms with E-state index in [1.165, 1.54) is 38.5 Å². The van der Waals surface area contributed by atoms with Crippen LogP contribution in [0.5, 0.6) is 0 Å². The third kappa shape index (κ3) is 10.8. The molecule has 170 valence electrons. The number of hydrogen-bond donors (Lipinski definition) is 0. The molecule has 0 saturated carbocycles. The van der Waals surface area contributed by atoms with Gasteiger partial charge < -0.3 is 9.47 Å². The van der Waals surface area contributed by atoms with Gasteiger partial charge in [0.2, 0.25) is 0 Å². The molecule has 0 aliphatic rings. The van der Waals surface area contributed by atoms with Crippen molar-refractivity contribution in [3.05, 3.63) is 35.4 Å². The number of carbonyl (C=O) groups excluding carboxylic acids is 2. The van der Waals surface area contributed by atoms with Crippen LogP contribution in [0.2, 0.25) is 0 Å². The van der Waals surface area contributed by atoms with E-state index in [9.17, 15) is 9.59 Å². The van der Waals surface area contributed by atoms with Crippen molar-refractivity contribution < 1.29 is 19.1 Å². The predicted octanol–water partition coefficient (Wildman–Crippen LogP) is 7.50. The first kappa shape index (κ1) is 26.2. The van der Waals surface area contributed by atoms with Crippen molar-refractivity contribution >= 4 is 11.9 Å². The van der Waals surface area contributed by atoms with Gasteiger partial charge in [0.15, 0.2) is 0 Å². The summed E-state index contributed by atoms with van der Waals surface area (Å²) in [5.41, 5.74) is 0.575. The Balaban J connectivity index is 2.53. The average Bonchev–Trinajstić information content (AvgIpc) is 2.73. The monoisotopic (exact) mass is 418 g/mol. The van der Waals surface area contributed by atoms with Crippen molar-refractivity contribution in [3.63, 3.8) is 0 Å². The minimum Gasteiger partial charge on any atom is -0.459 e. The van der Waals surface area contributed by atoms with E-state index in [1.807, 2.05) is 13.8 Å². The van der Waals surface area contributed by atoms with E-state index in [-0.39, 0.29) is 23.3 Å². The Morgan fingerprint density at radius 1 is 0.667 bits per heavy atom. The fraction of sp³-hybridized carbons (Fsp3) is 0.692. The maximum atomic E-state index is 12.6. The van der Waals surface area contributed by atoms with Crippen LogP contribution >= 0.6 is 0 Å². The van der Waals surface area contributed by atoms with Crippen LogP contribution in [0.3, 0.4) is 0 Å². The highest BCUT2D eigenvalue weighted by molar-refractivity contribution is 6.03. The summed E-state index contributed by atoms with van der Waals surface area (Å²) >= 11 is 0. The summed E-state index contributed by atoms with van der Waals surface area (Å²) < 4.78 is 11.2. The molecule has 0 heterocycles. The van der Waals surface area contributed by atoms with Crippen molar-refractivity contribution in [1.29, 1.82) is 0 Å². The normalized spacial score (nSPS) is 12.9. The summed E-state index contributed by atoms with van der Waals surface area (Å²) in [5, 5.41) is 0. The third-order valence-electron chi connectivity index (χ3n) is 5.41. The summed E-state index contributed by atoms with van der Waals surface area (Å²) in [6.45, 7) is 8.22. The summed E-state index contributed by atoms with van der Waals surface area (Å²) in [5.74, 6) is -0.897. The molecule has 0 aromatic heterocycles. The molecule has 0 fully saturated rings. The standard InChI is InChI=1S/C26H42O4/c1-5-7-9-11-13-17-21(3)29-25(27)23-19-15-16-20-24(23)26(28)30-22(4)18-14-12-10-8-6-2/h15-16,19-22H,5-14,17-18H2,1-4H3. The zero-order valence-electron chi connectivity index (χ0n) is 19.6. The van der Waals surface area contributed by atoms with Gasteiger partial charge in [-0.25, -0.2) is 9.59 Å².